The molecule has 2 aromatic carbocycles. The molecule has 1 atom stereocenters. The third-order valence-electron chi connectivity index (χ3n) is 6.86. The van der Waals surface area contributed by atoms with Crippen molar-refractivity contribution >= 4 is 22.6 Å². The summed E-state index contributed by atoms with van der Waals surface area (Å²) < 4.78 is 78.2. The summed E-state index contributed by atoms with van der Waals surface area (Å²) in [5.41, 5.74) is -0.766. The number of esters is 1. The van der Waals surface area contributed by atoms with Crippen molar-refractivity contribution in [1.82, 2.24) is 0 Å². The van der Waals surface area contributed by atoms with Gasteiger partial charge < -0.3 is 24.1 Å². The Kier molecular flexibility index (Phi) is 11.4. The van der Waals surface area contributed by atoms with Crippen LogP contribution in [0.15, 0.2) is 36.4 Å². The molecule has 1 fully saturated rings. The Bertz CT molecular complexity index is 1160. The Morgan fingerprint density at radius 3 is 2.25 bits per heavy atom. The molecular formula is C28H36F3NO7S. The number of nitrogens with zero attached hydrogens (tertiary/aromatic N) is 1. The van der Waals surface area contributed by atoms with Gasteiger partial charge in [-0.15, -0.1) is 0 Å². The van der Waals surface area contributed by atoms with Crippen molar-refractivity contribution in [2.24, 2.45) is 5.92 Å². The van der Waals surface area contributed by atoms with Crippen LogP contribution >= 0.6 is 0 Å². The van der Waals surface area contributed by atoms with Gasteiger partial charge in [-0.25, -0.2) is 9.00 Å². The van der Waals surface area contributed by atoms with E-state index in [9.17, 15) is 27.3 Å². The Morgan fingerprint density at radius 1 is 1.05 bits per heavy atom. The van der Waals surface area contributed by atoms with Gasteiger partial charge in [0.05, 0.1) is 55.0 Å². The molecule has 3 rings (SSSR count). The van der Waals surface area contributed by atoms with Crippen LogP contribution in [-0.2, 0) is 38.0 Å². The molecule has 2 aromatic rings. The predicted octanol–water partition coefficient (Wildman–Crippen LogP) is 5.49. The lowest BCUT2D eigenvalue weighted by atomic mass is 9.91. The third-order valence-corrected chi connectivity index (χ3v) is 8.79. The summed E-state index contributed by atoms with van der Waals surface area (Å²) in [6.45, 7) is 1.88. The topological polar surface area (TPSA) is 94.5 Å². The van der Waals surface area contributed by atoms with E-state index < -0.39 is 47.1 Å². The largest absolute Gasteiger partial charge is 0.465 e. The summed E-state index contributed by atoms with van der Waals surface area (Å²) in [4.78, 5) is 13.0. The van der Waals surface area contributed by atoms with Crippen LogP contribution in [-0.4, -0.2) is 61.1 Å². The molecule has 0 amide bonds. The first-order valence-corrected chi connectivity index (χ1v) is 14.1. The number of carbonyl (C=O) groups is 1. The van der Waals surface area contributed by atoms with E-state index >= 15 is 0 Å². The number of halogens is 3. The zero-order valence-electron chi connectivity index (χ0n) is 23.0. The zero-order chi connectivity index (χ0) is 29.4. The number of ether oxygens (including phenoxy) is 4. The molecule has 1 aliphatic rings. The molecule has 0 saturated heterocycles. The van der Waals surface area contributed by atoms with Crippen molar-refractivity contribution < 1.29 is 46.2 Å². The Balaban J connectivity index is 2.09. The lowest BCUT2D eigenvalue weighted by molar-refractivity contribution is -0.138. The standard InChI is InChI=1S/C28H36F3NO7S/c1-18-5-9-22(10-6-18)40(35)32(20(16-36-2)17-37-3)25-11-8-21(14-23(25)27(34)38-4)39-26-12-7-19(15-33)13-24(26)28(29,30)31/h7-8,11-14,18,20,22,33H,5-6,9-10,15-17H2,1-4H3. The first kappa shape index (κ1) is 31.9. The van der Waals surface area contributed by atoms with Crippen LogP contribution in [0.5, 0.6) is 11.5 Å². The Morgan fingerprint density at radius 2 is 1.70 bits per heavy atom. The molecular weight excluding hydrogens is 551 g/mol. The molecule has 40 heavy (non-hydrogen) atoms. The van der Waals surface area contributed by atoms with Crippen molar-refractivity contribution in [3.63, 3.8) is 0 Å². The van der Waals surface area contributed by atoms with E-state index in [0.717, 1.165) is 37.8 Å². The molecule has 8 nitrogen and oxygen atoms in total. The van der Waals surface area contributed by atoms with Crippen molar-refractivity contribution in [3.05, 3.63) is 53.1 Å². The summed E-state index contributed by atoms with van der Waals surface area (Å²) in [6, 6.07) is 6.86. The van der Waals surface area contributed by atoms with Gasteiger partial charge in [0.15, 0.2) is 0 Å². The number of rotatable bonds is 12. The highest BCUT2D eigenvalue weighted by atomic mass is 32.2. The number of alkyl halides is 3. The summed E-state index contributed by atoms with van der Waals surface area (Å²) >= 11 is 0. The van der Waals surface area contributed by atoms with E-state index in [2.05, 4.69) is 6.92 Å². The fraction of sp³-hybridized carbons (Fsp3) is 0.536. The lowest BCUT2D eigenvalue weighted by Crippen LogP contribution is -2.47. The van der Waals surface area contributed by atoms with Gasteiger partial charge in [0.2, 0.25) is 0 Å². The fourth-order valence-electron chi connectivity index (χ4n) is 4.76. The summed E-state index contributed by atoms with van der Waals surface area (Å²) in [5, 5.41) is 9.12. The van der Waals surface area contributed by atoms with E-state index in [1.807, 2.05) is 0 Å². The van der Waals surface area contributed by atoms with Crippen LogP contribution in [0.4, 0.5) is 18.9 Å². The minimum absolute atomic E-state index is 0.0322. The van der Waals surface area contributed by atoms with Gasteiger partial charge in [-0.3, -0.25) is 4.31 Å². The predicted molar refractivity (Wildman–Crippen MR) is 145 cm³/mol. The molecule has 0 aromatic heterocycles. The maximum absolute atomic E-state index is 14.0. The Hall–Kier alpha value is -2.67. The third kappa shape index (κ3) is 7.74. The Labute approximate surface area is 234 Å². The van der Waals surface area contributed by atoms with Gasteiger partial charge in [-0.1, -0.05) is 13.0 Å². The van der Waals surface area contributed by atoms with Crippen LogP contribution in [0.1, 0.15) is 54.1 Å². The molecule has 222 valence electrons. The maximum Gasteiger partial charge on any atom is 0.419 e. The SMILES string of the molecule is COCC(COC)N(c1ccc(Oc2ccc(CO)cc2C(F)(F)F)cc1C(=O)OC)S(=O)C1CCC(C)CC1. The number of carbonyl (C=O) groups excluding carboxylic acids is 1. The normalized spacial score (nSPS) is 18.4. The highest BCUT2D eigenvalue weighted by Gasteiger charge is 2.36. The minimum atomic E-state index is -4.75. The molecule has 0 radical (unpaired) electrons. The molecule has 1 unspecified atom stereocenters. The summed E-state index contributed by atoms with van der Waals surface area (Å²) in [6.07, 6.45) is -1.40. The van der Waals surface area contributed by atoms with Gasteiger partial charge in [-0.05, 0) is 67.5 Å². The molecule has 12 heteroatoms. The lowest BCUT2D eigenvalue weighted by Gasteiger charge is -2.37. The van der Waals surface area contributed by atoms with Crippen LogP contribution in [0.25, 0.3) is 0 Å². The van der Waals surface area contributed by atoms with E-state index in [0.29, 0.717) is 5.92 Å². The van der Waals surface area contributed by atoms with Crippen LogP contribution in [0, 0.1) is 5.92 Å². The first-order valence-electron chi connectivity index (χ1n) is 12.9. The molecule has 0 heterocycles. The van der Waals surface area contributed by atoms with Crippen molar-refractivity contribution in [3.8, 4) is 11.5 Å². The monoisotopic (exact) mass is 587 g/mol. The number of hydrogen-bond donors (Lipinski definition) is 1. The maximum atomic E-state index is 14.0. The smallest absolute Gasteiger partial charge is 0.419 e. The van der Waals surface area contributed by atoms with E-state index in [1.54, 1.807) is 4.31 Å². The second-order valence-corrected chi connectivity index (χ2v) is 11.4. The quantitative estimate of drug-likeness (QED) is 0.329. The zero-order valence-corrected chi connectivity index (χ0v) is 23.8. The van der Waals surface area contributed by atoms with Crippen LogP contribution in [0.2, 0.25) is 0 Å². The molecule has 0 bridgehead atoms. The number of methoxy groups -OCH3 is 3. The molecule has 1 aliphatic carbocycles. The molecule has 0 aliphatic heterocycles. The first-order chi connectivity index (χ1) is 19.0. The highest BCUT2D eigenvalue weighted by Crippen LogP contribution is 2.40. The van der Waals surface area contributed by atoms with Gasteiger partial charge >= 0.3 is 12.1 Å². The molecule has 1 N–H and O–H groups in total. The average Bonchev–Trinajstić information content (AvgIpc) is 2.93. The fourth-order valence-corrected chi connectivity index (χ4v) is 6.52. The summed E-state index contributed by atoms with van der Waals surface area (Å²) in [7, 11) is 2.61. The number of hydrogen-bond acceptors (Lipinski definition) is 7. The number of aliphatic hydroxyl groups is 1. The van der Waals surface area contributed by atoms with Crippen molar-refractivity contribution in [2.75, 3.05) is 38.8 Å². The van der Waals surface area contributed by atoms with Gasteiger partial charge in [-0.2, -0.15) is 13.2 Å². The molecule has 0 spiro atoms. The van der Waals surface area contributed by atoms with Gasteiger partial charge in [0.25, 0.3) is 0 Å². The van der Waals surface area contributed by atoms with Gasteiger partial charge in [0.1, 0.15) is 22.5 Å². The highest BCUT2D eigenvalue weighted by molar-refractivity contribution is 7.87. The van der Waals surface area contributed by atoms with Crippen molar-refractivity contribution in [1.29, 1.82) is 0 Å². The number of benzene rings is 2. The van der Waals surface area contributed by atoms with E-state index in [1.165, 1.54) is 45.6 Å². The van der Waals surface area contributed by atoms with E-state index in [-0.39, 0.29) is 41.0 Å². The number of anilines is 1. The second-order valence-electron chi connectivity index (χ2n) is 9.81. The molecule has 1 saturated carbocycles. The van der Waals surface area contributed by atoms with Crippen LogP contribution in [0.3, 0.4) is 0 Å². The average molecular weight is 588 g/mol. The van der Waals surface area contributed by atoms with Crippen molar-refractivity contribution in [2.45, 2.75) is 56.7 Å². The number of aliphatic hydroxyl groups excluding tert-OH is 1. The minimum Gasteiger partial charge on any atom is -0.465 e. The summed E-state index contributed by atoms with van der Waals surface area (Å²) in [5.74, 6) is -0.800. The van der Waals surface area contributed by atoms with Crippen LogP contribution < -0.4 is 9.04 Å². The van der Waals surface area contributed by atoms with Gasteiger partial charge in [0, 0.05) is 14.2 Å². The van der Waals surface area contributed by atoms with E-state index in [4.69, 9.17) is 18.9 Å². The second kappa shape index (κ2) is 14.3.